The number of rotatable bonds is 6. The quantitative estimate of drug-likeness (QED) is 0.279. The molecule has 2 aromatic rings. The van der Waals surface area contributed by atoms with Crippen molar-refractivity contribution in [3.8, 4) is 17.5 Å². The molecule has 0 bridgehead atoms. The summed E-state index contributed by atoms with van der Waals surface area (Å²) in [5.74, 6) is -5.48. The second-order valence-corrected chi connectivity index (χ2v) is 7.99. The number of aliphatic imine (C=N–C) groups is 1. The minimum absolute atomic E-state index is 0.380. The lowest BCUT2D eigenvalue weighted by molar-refractivity contribution is -0.182. The summed E-state index contributed by atoms with van der Waals surface area (Å²) < 4.78 is 99.9. The summed E-state index contributed by atoms with van der Waals surface area (Å²) in [4.78, 5) is 5.13. The lowest BCUT2D eigenvalue weighted by atomic mass is 9.94. The lowest BCUT2D eigenvalue weighted by Gasteiger charge is -2.20. The Morgan fingerprint density at radius 3 is 2.21 bits per heavy atom. The van der Waals surface area contributed by atoms with Crippen molar-refractivity contribution in [3.63, 3.8) is 0 Å². The molecule has 0 saturated heterocycles. The van der Waals surface area contributed by atoms with E-state index in [1.54, 1.807) is 0 Å². The van der Waals surface area contributed by atoms with Gasteiger partial charge in [0.1, 0.15) is 17.5 Å². The van der Waals surface area contributed by atoms with Crippen molar-refractivity contribution in [2.45, 2.75) is 30.5 Å². The number of halogens is 9. The zero-order chi connectivity index (χ0) is 24.9. The number of aromatic nitrogens is 2. The zero-order valence-corrected chi connectivity index (χ0v) is 18.1. The first kappa shape index (κ1) is 24.9. The molecular formula is C18H12Cl2F7N5O. The normalized spacial score (nSPS) is 19.7. The van der Waals surface area contributed by atoms with E-state index in [0.29, 0.717) is 4.68 Å². The molecule has 0 spiro atoms. The number of nitrogens with zero attached hydrogens (tertiary/aromatic N) is 5. The fraction of sp³-hybridized carbons (Fsp3) is 0.389. The third-order valence-electron chi connectivity index (χ3n) is 4.70. The van der Waals surface area contributed by atoms with Crippen LogP contribution in [0.25, 0.3) is 5.69 Å². The first-order chi connectivity index (χ1) is 15.2. The van der Waals surface area contributed by atoms with Gasteiger partial charge in [0, 0.05) is 32.6 Å². The van der Waals surface area contributed by atoms with Gasteiger partial charge in [-0.25, -0.2) is 18.5 Å². The van der Waals surface area contributed by atoms with Gasteiger partial charge in [-0.15, -0.1) is 0 Å². The third-order valence-corrected chi connectivity index (χ3v) is 5.28. The van der Waals surface area contributed by atoms with Crippen LogP contribution in [-0.4, -0.2) is 53.8 Å². The van der Waals surface area contributed by atoms with Crippen LogP contribution < -0.4 is 4.74 Å². The SMILES string of the molecule is CN(C)C=Nc1c(C2(C(F)(F)F)CC2(F)F)c(C#N)nn1-c1c(Cl)cc(OC(F)F)cc1Cl. The molecule has 0 radical (unpaired) electrons. The molecule has 1 saturated carbocycles. The van der Waals surface area contributed by atoms with E-state index in [1.807, 2.05) is 0 Å². The van der Waals surface area contributed by atoms with Crippen LogP contribution in [0.15, 0.2) is 17.1 Å². The summed E-state index contributed by atoms with van der Waals surface area (Å²) in [6.07, 6.45) is -6.07. The van der Waals surface area contributed by atoms with Crippen LogP contribution in [-0.2, 0) is 5.41 Å². The first-order valence-electron chi connectivity index (χ1n) is 8.79. The van der Waals surface area contributed by atoms with E-state index in [2.05, 4.69) is 14.8 Å². The Balaban J connectivity index is 2.36. The van der Waals surface area contributed by atoms with Crippen LogP contribution in [0.4, 0.5) is 36.6 Å². The van der Waals surface area contributed by atoms with E-state index in [9.17, 15) is 36.0 Å². The highest BCUT2D eigenvalue weighted by atomic mass is 35.5. The minimum Gasteiger partial charge on any atom is -0.435 e. The van der Waals surface area contributed by atoms with Crippen molar-refractivity contribution in [3.05, 3.63) is 33.4 Å². The molecule has 1 aliphatic carbocycles. The van der Waals surface area contributed by atoms with Gasteiger partial charge in [0.15, 0.2) is 16.9 Å². The smallest absolute Gasteiger partial charge is 0.404 e. The monoisotopic (exact) mass is 517 g/mol. The van der Waals surface area contributed by atoms with Gasteiger partial charge in [-0.3, -0.25) is 0 Å². The van der Waals surface area contributed by atoms with Crippen LogP contribution in [0.3, 0.4) is 0 Å². The number of nitriles is 1. The van der Waals surface area contributed by atoms with Crippen molar-refractivity contribution in [1.82, 2.24) is 14.7 Å². The van der Waals surface area contributed by atoms with Crippen molar-refractivity contribution in [2.24, 2.45) is 4.99 Å². The maximum Gasteiger partial charge on any atom is 0.404 e. The Hall–Kier alpha value is -2.72. The van der Waals surface area contributed by atoms with E-state index in [1.165, 1.54) is 25.1 Å². The molecule has 1 fully saturated rings. The van der Waals surface area contributed by atoms with E-state index in [-0.39, 0.29) is 5.69 Å². The summed E-state index contributed by atoms with van der Waals surface area (Å²) in [6, 6.07) is 3.12. The number of alkyl halides is 7. The Morgan fingerprint density at radius 2 is 1.82 bits per heavy atom. The van der Waals surface area contributed by atoms with Crippen LogP contribution in [0.5, 0.6) is 5.75 Å². The standard InChI is InChI=1S/C18H12Cl2F7N5O/c1-31(2)7-29-14-12(16(18(25,26)27)6-17(16,23)24)11(5-28)30-32(14)13-9(19)3-8(4-10(13)20)33-15(21)22/h3-4,7,15H,6H2,1-2H3. The van der Waals surface area contributed by atoms with Gasteiger partial charge in [0.2, 0.25) is 0 Å². The molecule has 15 heteroatoms. The topological polar surface area (TPSA) is 66.4 Å². The predicted octanol–water partition coefficient (Wildman–Crippen LogP) is 5.71. The van der Waals surface area contributed by atoms with E-state index < -0.39 is 63.4 Å². The minimum atomic E-state index is -5.46. The molecule has 1 atom stereocenters. The van der Waals surface area contributed by atoms with E-state index in [4.69, 9.17) is 23.2 Å². The van der Waals surface area contributed by atoms with Gasteiger partial charge in [0.25, 0.3) is 5.92 Å². The van der Waals surface area contributed by atoms with Crippen LogP contribution >= 0.6 is 23.2 Å². The average molecular weight is 518 g/mol. The fourth-order valence-electron chi connectivity index (χ4n) is 3.25. The first-order valence-corrected chi connectivity index (χ1v) is 9.55. The molecule has 33 heavy (non-hydrogen) atoms. The fourth-order valence-corrected chi connectivity index (χ4v) is 3.88. The Morgan fingerprint density at radius 1 is 1.27 bits per heavy atom. The van der Waals surface area contributed by atoms with Gasteiger partial charge in [0.05, 0.1) is 21.9 Å². The highest BCUT2D eigenvalue weighted by molar-refractivity contribution is 6.38. The maximum atomic E-state index is 14.2. The van der Waals surface area contributed by atoms with Gasteiger partial charge in [-0.2, -0.15) is 32.3 Å². The maximum absolute atomic E-state index is 14.2. The highest BCUT2D eigenvalue weighted by Gasteiger charge is 2.86. The lowest BCUT2D eigenvalue weighted by Crippen LogP contribution is -2.35. The molecule has 0 N–H and O–H groups in total. The summed E-state index contributed by atoms with van der Waals surface area (Å²) >= 11 is 12.2. The van der Waals surface area contributed by atoms with Gasteiger partial charge < -0.3 is 9.64 Å². The Labute approximate surface area is 191 Å². The van der Waals surface area contributed by atoms with Crippen LogP contribution in [0.2, 0.25) is 10.0 Å². The third kappa shape index (κ3) is 4.17. The Bertz CT molecular complexity index is 1130. The van der Waals surface area contributed by atoms with Crippen molar-refractivity contribution < 1.29 is 35.5 Å². The zero-order valence-electron chi connectivity index (χ0n) is 16.6. The molecule has 0 amide bonds. The van der Waals surface area contributed by atoms with Crippen molar-refractivity contribution in [1.29, 1.82) is 5.26 Å². The van der Waals surface area contributed by atoms with Gasteiger partial charge >= 0.3 is 12.8 Å². The van der Waals surface area contributed by atoms with E-state index in [0.717, 1.165) is 18.5 Å². The highest BCUT2D eigenvalue weighted by Crippen LogP contribution is 2.70. The average Bonchev–Trinajstić information content (AvgIpc) is 3.08. The molecule has 178 valence electrons. The largest absolute Gasteiger partial charge is 0.435 e. The second-order valence-electron chi connectivity index (χ2n) is 7.18. The number of hydrogen-bond donors (Lipinski definition) is 0. The molecule has 0 aliphatic heterocycles. The number of benzene rings is 1. The molecule has 1 heterocycles. The second kappa shape index (κ2) is 8.25. The van der Waals surface area contributed by atoms with Crippen LogP contribution in [0, 0.1) is 11.3 Å². The van der Waals surface area contributed by atoms with Gasteiger partial charge in [-0.1, -0.05) is 23.2 Å². The summed E-state index contributed by atoms with van der Waals surface area (Å²) in [7, 11) is 2.91. The van der Waals surface area contributed by atoms with Crippen molar-refractivity contribution >= 4 is 35.4 Å². The van der Waals surface area contributed by atoms with Crippen LogP contribution in [0.1, 0.15) is 17.7 Å². The van der Waals surface area contributed by atoms with Crippen molar-refractivity contribution in [2.75, 3.05) is 14.1 Å². The van der Waals surface area contributed by atoms with Gasteiger partial charge in [-0.05, 0) is 0 Å². The molecule has 1 unspecified atom stereocenters. The number of ether oxygens (including phenoxy) is 1. The summed E-state index contributed by atoms with van der Waals surface area (Å²) in [6.45, 7) is -3.23. The summed E-state index contributed by atoms with van der Waals surface area (Å²) in [5.41, 5.74) is -6.22. The molecule has 1 aliphatic rings. The number of hydrogen-bond acceptors (Lipinski definition) is 4. The molecule has 3 rings (SSSR count). The Kier molecular flexibility index (Phi) is 6.23. The van der Waals surface area contributed by atoms with E-state index >= 15 is 0 Å². The molecule has 6 nitrogen and oxygen atoms in total. The molecule has 1 aromatic carbocycles. The molecule has 1 aromatic heterocycles. The molecular weight excluding hydrogens is 506 g/mol. The predicted molar refractivity (Wildman–Crippen MR) is 104 cm³/mol. The summed E-state index contributed by atoms with van der Waals surface area (Å²) in [5, 5.41) is 12.3.